The van der Waals surface area contributed by atoms with E-state index in [1.165, 1.54) is 32.4 Å². The van der Waals surface area contributed by atoms with E-state index in [1.54, 1.807) is 20.3 Å². The summed E-state index contributed by atoms with van der Waals surface area (Å²) in [6, 6.07) is 9.09. The molecule has 0 bridgehead atoms. The Morgan fingerprint density at radius 2 is 1.69 bits per heavy atom. The Hall–Kier alpha value is -2.62. The zero-order chi connectivity index (χ0) is 21.8. The average molecular weight is 423 g/mol. The Balaban J connectivity index is 2.28. The van der Waals surface area contributed by atoms with Crippen molar-refractivity contribution >= 4 is 15.9 Å². The number of nitrogens with one attached hydrogen (secondary N) is 1. The molecule has 0 heterocycles. The number of nitrogens with zero attached hydrogens (tertiary/aromatic N) is 1. The molecule has 0 aromatic heterocycles. The van der Waals surface area contributed by atoms with Crippen molar-refractivity contribution in [2.24, 2.45) is 0 Å². The van der Waals surface area contributed by atoms with Crippen molar-refractivity contribution in [1.29, 1.82) is 0 Å². The van der Waals surface area contributed by atoms with Gasteiger partial charge in [-0.2, -0.15) is 0 Å². The number of ether oxygens (including phenoxy) is 2. The number of amides is 1. The van der Waals surface area contributed by atoms with E-state index < -0.39 is 15.9 Å². The normalized spacial score (nSPS) is 12.5. The predicted molar refractivity (Wildman–Crippen MR) is 109 cm³/mol. The van der Waals surface area contributed by atoms with Crippen LogP contribution in [0.1, 0.15) is 34.5 Å². The minimum Gasteiger partial charge on any atom is -0.493 e. The van der Waals surface area contributed by atoms with Crippen LogP contribution >= 0.6 is 0 Å². The molecule has 2 aromatic rings. The maximum absolute atomic E-state index is 12.7. The Kier molecular flexibility index (Phi) is 7.23. The third-order valence-electron chi connectivity index (χ3n) is 4.58. The van der Waals surface area contributed by atoms with Crippen LogP contribution in [0.15, 0.2) is 41.3 Å². The van der Waals surface area contributed by atoms with Gasteiger partial charge in [-0.3, -0.25) is 9.63 Å². The highest BCUT2D eigenvalue weighted by atomic mass is 32.2. The zero-order valence-electron chi connectivity index (χ0n) is 17.3. The summed E-state index contributed by atoms with van der Waals surface area (Å²) in [5, 5.41) is 2.89. The Morgan fingerprint density at radius 3 is 2.28 bits per heavy atom. The lowest BCUT2D eigenvalue weighted by Crippen LogP contribution is -2.28. The summed E-state index contributed by atoms with van der Waals surface area (Å²) >= 11 is 0. The van der Waals surface area contributed by atoms with E-state index in [4.69, 9.17) is 14.3 Å². The average Bonchev–Trinajstić information content (AvgIpc) is 2.72. The summed E-state index contributed by atoms with van der Waals surface area (Å²) in [6.45, 7) is 3.75. The standard InChI is InChI=1S/C20H26N2O6S/c1-13-10-18(26-4)19(27-5)12-17(13)14(2)21-20(23)15-8-7-9-16(11-15)29(24,25)22(3)28-6/h7-12,14H,1-6H3,(H,21,23). The lowest BCUT2D eigenvalue weighted by molar-refractivity contribution is -0.0258. The van der Waals surface area contributed by atoms with Crippen molar-refractivity contribution in [1.82, 2.24) is 9.79 Å². The Bertz CT molecular complexity index is 990. The van der Waals surface area contributed by atoms with Gasteiger partial charge in [0.2, 0.25) is 0 Å². The molecule has 9 heteroatoms. The number of benzene rings is 2. The smallest absolute Gasteiger partial charge is 0.264 e. The molecular formula is C20H26N2O6S. The molecule has 0 saturated carbocycles. The minimum absolute atomic E-state index is 0.0375. The predicted octanol–water partition coefficient (Wildman–Crippen LogP) is 2.69. The van der Waals surface area contributed by atoms with Crippen LogP contribution in [-0.2, 0) is 14.9 Å². The van der Waals surface area contributed by atoms with Gasteiger partial charge in [0.1, 0.15) is 0 Å². The van der Waals surface area contributed by atoms with Gasteiger partial charge in [-0.1, -0.05) is 10.5 Å². The van der Waals surface area contributed by atoms with Gasteiger partial charge in [0.25, 0.3) is 15.9 Å². The third kappa shape index (κ3) is 4.87. The molecule has 1 atom stereocenters. The highest BCUT2D eigenvalue weighted by Crippen LogP contribution is 2.33. The quantitative estimate of drug-likeness (QED) is 0.658. The highest BCUT2D eigenvalue weighted by molar-refractivity contribution is 7.89. The van der Waals surface area contributed by atoms with E-state index in [2.05, 4.69) is 5.32 Å². The van der Waals surface area contributed by atoms with Gasteiger partial charge in [0.15, 0.2) is 11.5 Å². The van der Waals surface area contributed by atoms with Crippen molar-refractivity contribution in [3.05, 3.63) is 53.1 Å². The summed E-state index contributed by atoms with van der Waals surface area (Å²) in [5.74, 6) is 0.765. The molecule has 0 saturated heterocycles. The molecule has 0 aliphatic rings. The molecule has 8 nitrogen and oxygen atoms in total. The first kappa shape index (κ1) is 22.7. The summed E-state index contributed by atoms with van der Waals surface area (Å²) in [7, 11) is 1.79. The summed E-state index contributed by atoms with van der Waals surface area (Å²) in [5.41, 5.74) is 2.01. The fraction of sp³-hybridized carbons (Fsp3) is 0.350. The number of methoxy groups -OCH3 is 2. The number of rotatable bonds is 8. The summed E-state index contributed by atoms with van der Waals surface area (Å²) < 4.78 is 36.2. The largest absolute Gasteiger partial charge is 0.493 e. The number of aryl methyl sites for hydroxylation is 1. The first-order chi connectivity index (χ1) is 13.6. The Labute approximate surface area is 171 Å². The van der Waals surface area contributed by atoms with Crippen LogP contribution in [-0.4, -0.2) is 47.2 Å². The van der Waals surface area contributed by atoms with Crippen molar-refractivity contribution < 1.29 is 27.5 Å². The number of hydrogen-bond acceptors (Lipinski definition) is 6. The highest BCUT2D eigenvalue weighted by Gasteiger charge is 2.23. The summed E-state index contributed by atoms with van der Waals surface area (Å²) in [4.78, 5) is 17.5. The second-order valence-corrected chi connectivity index (χ2v) is 8.32. The fourth-order valence-electron chi connectivity index (χ4n) is 2.86. The summed E-state index contributed by atoms with van der Waals surface area (Å²) in [6.07, 6.45) is 0. The van der Waals surface area contributed by atoms with E-state index in [1.807, 2.05) is 26.0 Å². The number of hydroxylamine groups is 1. The van der Waals surface area contributed by atoms with E-state index in [0.717, 1.165) is 15.6 Å². The number of hydrogen-bond donors (Lipinski definition) is 1. The van der Waals surface area contributed by atoms with Crippen molar-refractivity contribution in [2.45, 2.75) is 24.8 Å². The van der Waals surface area contributed by atoms with Gasteiger partial charge in [-0.15, -0.1) is 0 Å². The molecule has 0 aliphatic heterocycles. The lowest BCUT2D eigenvalue weighted by Gasteiger charge is -2.19. The maximum Gasteiger partial charge on any atom is 0.264 e. The Morgan fingerprint density at radius 1 is 1.07 bits per heavy atom. The molecule has 1 N–H and O–H groups in total. The van der Waals surface area contributed by atoms with E-state index in [0.29, 0.717) is 11.5 Å². The molecule has 158 valence electrons. The molecule has 1 amide bonds. The van der Waals surface area contributed by atoms with Gasteiger partial charge < -0.3 is 14.8 Å². The second-order valence-electron chi connectivity index (χ2n) is 6.38. The monoisotopic (exact) mass is 422 g/mol. The molecule has 0 fully saturated rings. The SMILES string of the molecule is COc1cc(C)c(C(C)NC(=O)c2cccc(S(=O)(=O)N(C)OC)c2)cc1OC. The first-order valence-corrected chi connectivity index (χ1v) is 10.3. The van der Waals surface area contributed by atoms with E-state index in [-0.39, 0.29) is 16.5 Å². The molecule has 0 spiro atoms. The number of sulfonamides is 1. The molecule has 1 unspecified atom stereocenters. The molecule has 2 aromatic carbocycles. The van der Waals surface area contributed by atoms with Crippen molar-refractivity contribution in [2.75, 3.05) is 28.4 Å². The lowest BCUT2D eigenvalue weighted by atomic mass is 10.0. The van der Waals surface area contributed by atoms with Crippen molar-refractivity contribution in [3.8, 4) is 11.5 Å². The van der Waals surface area contributed by atoms with E-state index in [9.17, 15) is 13.2 Å². The maximum atomic E-state index is 12.7. The van der Waals surface area contributed by atoms with Crippen molar-refractivity contribution in [3.63, 3.8) is 0 Å². The van der Waals surface area contributed by atoms with Crippen LogP contribution in [0, 0.1) is 6.92 Å². The van der Waals surface area contributed by atoms with Gasteiger partial charge in [0.05, 0.1) is 32.3 Å². The van der Waals surface area contributed by atoms with Gasteiger partial charge in [0, 0.05) is 12.6 Å². The first-order valence-electron chi connectivity index (χ1n) is 8.82. The molecule has 2 rings (SSSR count). The minimum atomic E-state index is -3.85. The van der Waals surface area contributed by atoms with Crippen LogP contribution in [0.2, 0.25) is 0 Å². The van der Waals surface area contributed by atoms with Gasteiger partial charge in [-0.25, -0.2) is 8.42 Å². The van der Waals surface area contributed by atoms with E-state index >= 15 is 0 Å². The third-order valence-corrected chi connectivity index (χ3v) is 6.25. The van der Waals surface area contributed by atoms with Crippen LogP contribution in [0.5, 0.6) is 11.5 Å². The molecule has 0 aliphatic carbocycles. The van der Waals surface area contributed by atoms with Crippen LogP contribution < -0.4 is 14.8 Å². The second kappa shape index (κ2) is 9.25. The number of carbonyl (C=O) groups excluding carboxylic acids is 1. The van der Waals surface area contributed by atoms with Crippen LogP contribution in [0.4, 0.5) is 0 Å². The molecule has 29 heavy (non-hydrogen) atoms. The van der Waals surface area contributed by atoms with Crippen LogP contribution in [0.3, 0.4) is 0 Å². The fourth-order valence-corrected chi connectivity index (χ4v) is 3.88. The topological polar surface area (TPSA) is 94.2 Å². The van der Waals surface area contributed by atoms with Gasteiger partial charge >= 0.3 is 0 Å². The number of carbonyl (C=O) groups is 1. The molecular weight excluding hydrogens is 396 g/mol. The molecule has 0 radical (unpaired) electrons. The zero-order valence-corrected chi connectivity index (χ0v) is 18.2. The van der Waals surface area contributed by atoms with Crippen LogP contribution in [0.25, 0.3) is 0 Å². The van der Waals surface area contributed by atoms with Gasteiger partial charge in [-0.05, 0) is 55.3 Å².